The number of ketones is 1. The molecule has 1 heterocycles. The normalized spacial score (nSPS) is 39.2. The van der Waals surface area contributed by atoms with Gasteiger partial charge >= 0.3 is 0 Å². The van der Waals surface area contributed by atoms with Gasteiger partial charge in [-0.05, 0) is 64.7 Å². The molecule has 24 heavy (non-hydrogen) atoms. The summed E-state index contributed by atoms with van der Waals surface area (Å²) in [5.41, 5.74) is 0.00265. The van der Waals surface area contributed by atoms with Crippen LogP contribution in [0.5, 0.6) is 0 Å². The largest absolute Gasteiger partial charge is 0.372 e. The Kier molecular flexibility index (Phi) is 4.87. The first-order valence-corrected chi connectivity index (χ1v) is 9.60. The van der Waals surface area contributed by atoms with Gasteiger partial charge in [-0.25, -0.2) is 0 Å². The van der Waals surface area contributed by atoms with Crippen molar-refractivity contribution >= 4 is 5.78 Å². The van der Waals surface area contributed by atoms with Crippen LogP contribution in [0, 0.1) is 17.3 Å². The Labute approximate surface area is 146 Å². The molecule has 4 heteroatoms. The van der Waals surface area contributed by atoms with Crippen LogP contribution in [0.3, 0.4) is 0 Å². The van der Waals surface area contributed by atoms with Crippen molar-refractivity contribution in [2.75, 3.05) is 13.2 Å². The van der Waals surface area contributed by atoms with E-state index in [1.54, 1.807) is 0 Å². The van der Waals surface area contributed by atoms with Crippen LogP contribution in [0.15, 0.2) is 0 Å². The molecule has 1 aliphatic heterocycles. The second kappa shape index (κ2) is 6.37. The lowest BCUT2D eigenvalue weighted by Crippen LogP contribution is -2.45. The van der Waals surface area contributed by atoms with Gasteiger partial charge in [0.15, 0.2) is 5.79 Å². The first-order chi connectivity index (χ1) is 11.1. The maximum absolute atomic E-state index is 12.7. The van der Waals surface area contributed by atoms with Crippen molar-refractivity contribution in [1.29, 1.82) is 0 Å². The molecule has 4 atom stereocenters. The van der Waals surface area contributed by atoms with E-state index in [4.69, 9.17) is 14.2 Å². The van der Waals surface area contributed by atoms with Crippen LogP contribution < -0.4 is 0 Å². The highest BCUT2D eigenvalue weighted by atomic mass is 16.7. The summed E-state index contributed by atoms with van der Waals surface area (Å²) in [4.78, 5) is 12.7. The summed E-state index contributed by atoms with van der Waals surface area (Å²) >= 11 is 0. The van der Waals surface area contributed by atoms with Gasteiger partial charge < -0.3 is 14.2 Å². The SMILES string of the molecule is CC(C)(C)O[C@H]1CC[C@H]2CC(=O)C(CCC3(C)OCCO3)C[C@@]21C. The molecule has 4 nitrogen and oxygen atoms in total. The summed E-state index contributed by atoms with van der Waals surface area (Å²) in [6, 6.07) is 0. The monoisotopic (exact) mass is 338 g/mol. The first kappa shape index (κ1) is 18.3. The molecule has 1 unspecified atom stereocenters. The number of fused-ring (bicyclic) bond motifs is 1. The number of carbonyl (C=O) groups excluding carboxylic acids is 1. The van der Waals surface area contributed by atoms with E-state index in [1.165, 1.54) is 0 Å². The molecule has 3 aliphatic rings. The van der Waals surface area contributed by atoms with Crippen LogP contribution in [-0.2, 0) is 19.0 Å². The zero-order chi connectivity index (χ0) is 17.6. The van der Waals surface area contributed by atoms with E-state index in [1.807, 2.05) is 6.92 Å². The molecule has 0 aromatic heterocycles. The van der Waals surface area contributed by atoms with E-state index < -0.39 is 5.79 Å². The number of hydrogen-bond donors (Lipinski definition) is 0. The van der Waals surface area contributed by atoms with Gasteiger partial charge in [-0.15, -0.1) is 0 Å². The minimum Gasteiger partial charge on any atom is -0.372 e. The lowest BCUT2D eigenvalue weighted by Gasteiger charge is -2.45. The van der Waals surface area contributed by atoms with Crippen LogP contribution in [0.4, 0.5) is 0 Å². The van der Waals surface area contributed by atoms with E-state index in [2.05, 4.69) is 27.7 Å². The molecule has 2 aliphatic carbocycles. The molecule has 0 aromatic carbocycles. The average Bonchev–Trinajstić information content (AvgIpc) is 3.02. The lowest BCUT2D eigenvalue weighted by atomic mass is 9.63. The Morgan fingerprint density at radius 3 is 2.46 bits per heavy atom. The summed E-state index contributed by atoms with van der Waals surface area (Å²) in [5.74, 6) is 0.563. The van der Waals surface area contributed by atoms with Gasteiger partial charge in [0.1, 0.15) is 5.78 Å². The predicted molar refractivity (Wildman–Crippen MR) is 92.7 cm³/mol. The third-order valence-electron chi connectivity index (χ3n) is 6.38. The zero-order valence-corrected chi connectivity index (χ0v) is 16.0. The molecule has 0 spiro atoms. The molecule has 0 N–H and O–H groups in total. The Hall–Kier alpha value is -0.450. The van der Waals surface area contributed by atoms with Crippen molar-refractivity contribution in [2.45, 2.75) is 90.6 Å². The molecule has 2 saturated carbocycles. The molecule has 3 rings (SSSR count). The van der Waals surface area contributed by atoms with Crippen LogP contribution in [0.2, 0.25) is 0 Å². The van der Waals surface area contributed by atoms with Gasteiger partial charge in [0, 0.05) is 18.8 Å². The van der Waals surface area contributed by atoms with E-state index in [-0.39, 0.29) is 23.0 Å². The Morgan fingerprint density at radius 2 is 1.83 bits per heavy atom. The summed E-state index contributed by atoms with van der Waals surface area (Å²) < 4.78 is 17.8. The molecule has 0 amide bonds. The van der Waals surface area contributed by atoms with Crippen molar-refractivity contribution in [3.05, 3.63) is 0 Å². The second-order valence-electron chi connectivity index (χ2n) is 9.44. The summed E-state index contributed by atoms with van der Waals surface area (Å²) in [6.07, 6.45) is 5.82. The Bertz CT molecular complexity index is 475. The van der Waals surface area contributed by atoms with Crippen LogP contribution >= 0.6 is 0 Å². The van der Waals surface area contributed by atoms with E-state index >= 15 is 0 Å². The van der Waals surface area contributed by atoms with E-state index in [0.717, 1.165) is 38.5 Å². The fourth-order valence-electron chi connectivity index (χ4n) is 4.98. The number of carbonyl (C=O) groups is 1. The summed E-state index contributed by atoms with van der Waals surface area (Å²) in [6.45, 7) is 12.1. The average molecular weight is 338 g/mol. The molecule has 0 aromatic rings. The van der Waals surface area contributed by atoms with Gasteiger partial charge in [0.25, 0.3) is 0 Å². The van der Waals surface area contributed by atoms with E-state index in [9.17, 15) is 4.79 Å². The number of rotatable bonds is 4. The van der Waals surface area contributed by atoms with Crippen molar-refractivity contribution < 1.29 is 19.0 Å². The van der Waals surface area contributed by atoms with Crippen molar-refractivity contribution in [3.8, 4) is 0 Å². The van der Waals surface area contributed by atoms with Crippen LogP contribution in [0.1, 0.15) is 73.1 Å². The maximum Gasteiger partial charge on any atom is 0.165 e. The van der Waals surface area contributed by atoms with Crippen LogP contribution in [0.25, 0.3) is 0 Å². The highest BCUT2D eigenvalue weighted by Crippen LogP contribution is 2.55. The summed E-state index contributed by atoms with van der Waals surface area (Å²) in [5, 5.41) is 0. The highest BCUT2D eigenvalue weighted by molar-refractivity contribution is 5.82. The third kappa shape index (κ3) is 3.71. The van der Waals surface area contributed by atoms with Gasteiger partial charge in [-0.1, -0.05) is 6.92 Å². The van der Waals surface area contributed by atoms with Crippen molar-refractivity contribution in [3.63, 3.8) is 0 Å². The third-order valence-corrected chi connectivity index (χ3v) is 6.38. The zero-order valence-electron chi connectivity index (χ0n) is 16.0. The minimum absolute atomic E-state index is 0.125. The molecular weight excluding hydrogens is 304 g/mol. The molecule has 0 bridgehead atoms. The molecule has 3 fully saturated rings. The fourth-order valence-corrected chi connectivity index (χ4v) is 4.98. The second-order valence-corrected chi connectivity index (χ2v) is 9.44. The van der Waals surface area contributed by atoms with Gasteiger partial charge in [0.2, 0.25) is 0 Å². The van der Waals surface area contributed by atoms with Gasteiger partial charge in [0.05, 0.1) is 24.9 Å². The number of Topliss-reactive ketones (excluding diaryl/α,β-unsaturated/α-hetero) is 1. The summed E-state index contributed by atoms with van der Waals surface area (Å²) in [7, 11) is 0. The quantitative estimate of drug-likeness (QED) is 0.774. The van der Waals surface area contributed by atoms with Gasteiger partial charge in [-0.3, -0.25) is 4.79 Å². The van der Waals surface area contributed by atoms with Crippen LogP contribution in [-0.4, -0.2) is 36.5 Å². The fraction of sp³-hybridized carbons (Fsp3) is 0.950. The maximum atomic E-state index is 12.7. The standard InChI is InChI=1S/C20H34O4/c1-18(2,3)24-17-7-6-15-12-16(21)14(13-19(15,17)4)8-9-20(5)22-10-11-23-20/h14-15,17H,6-13H2,1-5H3/t14?,15-,17-,19-/m0/s1. The molecule has 1 saturated heterocycles. The smallest absolute Gasteiger partial charge is 0.165 e. The van der Waals surface area contributed by atoms with E-state index in [0.29, 0.717) is 24.9 Å². The van der Waals surface area contributed by atoms with Gasteiger partial charge in [-0.2, -0.15) is 0 Å². The lowest BCUT2D eigenvalue weighted by molar-refractivity contribution is -0.157. The number of ether oxygens (including phenoxy) is 3. The molecule has 0 radical (unpaired) electrons. The Morgan fingerprint density at radius 1 is 1.17 bits per heavy atom. The predicted octanol–water partition coefficient (Wildman–Crippen LogP) is 4.11. The first-order valence-electron chi connectivity index (χ1n) is 9.60. The Balaban J connectivity index is 1.66. The van der Waals surface area contributed by atoms with Crippen molar-refractivity contribution in [1.82, 2.24) is 0 Å². The highest BCUT2D eigenvalue weighted by Gasteiger charge is 2.53. The minimum atomic E-state index is -0.491. The molecule has 138 valence electrons. The number of hydrogen-bond acceptors (Lipinski definition) is 4. The molecular formula is C20H34O4. The van der Waals surface area contributed by atoms with Crippen molar-refractivity contribution in [2.24, 2.45) is 17.3 Å². The topological polar surface area (TPSA) is 44.8 Å².